The smallest absolute Gasteiger partial charge is 0.227 e. The summed E-state index contributed by atoms with van der Waals surface area (Å²) in [6.07, 6.45) is 7.75. The lowest BCUT2D eigenvalue weighted by Crippen LogP contribution is -2.33. The third-order valence-electron chi connectivity index (χ3n) is 4.96. The van der Waals surface area contributed by atoms with Crippen molar-refractivity contribution in [3.63, 3.8) is 0 Å². The fraction of sp³-hybridized carbons (Fsp3) is 0.450. The van der Waals surface area contributed by atoms with Crippen molar-refractivity contribution in [2.45, 2.75) is 32.1 Å². The molecule has 1 saturated heterocycles. The average molecular weight is 354 g/mol. The third-order valence-corrected chi connectivity index (χ3v) is 4.96. The van der Waals surface area contributed by atoms with E-state index in [2.05, 4.69) is 9.97 Å². The van der Waals surface area contributed by atoms with Gasteiger partial charge in [-0.2, -0.15) is 0 Å². The van der Waals surface area contributed by atoms with Crippen LogP contribution in [-0.2, 0) is 17.6 Å². The van der Waals surface area contributed by atoms with E-state index in [1.165, 1.54) is 0 Å². The Hall–Kier alpha value is -2.63. The van der Waals surface area contributed by atoms with Gasteiger partial charge in [-0.3, -0.25) is 9.78 Å². The summed E-state index contributed by atoms with van der Waals surface area (Å²) < 4.78 is 5.36. The van der Waals surface area contributed by atoms with Crippen LogP contribution in [0.25, 0.3) is 0 Å². The zero-order valence-electron chi connectivity index (χ0n) is 15.2. The highest BCUT2D eigenvalue weighted by Gasteiger charge is 2.22. The number of methoxy groups -OCH3 is 1. The Morgan fingerprint density at radius 1 is 1.23 bits per heavy atom. The summed E-state index contributed by atoms with van der Waals surface area (Å²) in [6.45, 7) is 1.61. The molecule has 1 aliphatic rings. The monoisotopic (exact) mass is 354 g/mol. The van der Waals surface area contributed by atoms with E-state index in [0.29, 0.717) is 18.2 Å². The van der Waals surface area contributed by atoms with E-state index < -0.39 is 0 Å². The van der Waals surface area contributed by atoms with Gasteiger partial charge in [0.25, 0.3) is 0 Å². The molecule has 0 radical (unpaired) electrons. The quantitative estimate of drug-likeness (QED) is 0.892. The molecular formula is C20H26N4O2. The Bertz CT molecular complexity index is 733. The minimum Gasteiger partial charge on any atom is -0.496 e. The molecule has 3 rings (SSSR count). The number of hydrogen-bond acceptors (Lipinski definition) is 5. The summed E-state index contributed by atoms with van der Waals surface area (Å²) in [7, 11) is 1.64. The van der Waals surface area contributed by atoms with Gasteiger partial charge in [0, 0.05) is 18.7 Å². The molecule has 0 bridgehead atoms. The fourth-order valence-electron chi connectivity index (χ4n) is 3.51. The van der Waals surface area contributed by atoms with Crippen LogP contribution in [0.2, 0.25) is 0 Å². The number of carbonyl (C=O) groups excluding carboxylic acids is 1. The number of anilines is 1. The Morgan fingerprint density at radius 3 is 2.85 bits per heavy atom. The van der Waals surface area contributed by atoms with Crippen molar-refractivity contribution in [2.24, 2.45) is 5.92 Å². The molecular weight excluding hydrogens is 328 g/mol. The van der Waals surface area contributed by atoms with Gasteiger partial charge in [-0.15, -0.1) is 0 Å². The van der Waals surface area contributed by atoms with Crippen LogP contribution in [0.4, 0.5) is 5.82 Å². The molecule has 2 N–H and O–H groups in total. The van der Waals surface area contributed by atoms with Crippen LogP contribution in [0.5, 0.6) is 5.75 Å². The average Bonchev–Trinajstić information content (AvgIpc) is 2.90. The number of para-hydroxylation sites is 1. The van der Waals surface area contributed by atoms with Gasteiger partial charge in [-0.25, -0.2) is 4.98 Å². The van der Waals surface area contributed by atoms with E-state index in [1.54, 1.807) is 19.5 Å². The summed E-state index contributed by atoms with van der Waals surface area (Å²) in [5.74, 6) is 1.91. The third kappa shape index (κ3) is 4.71. The fourth-order valence-corrected chi connectivity index (χ4v) is 3.51. The molecule has 0 aliphatic carbocycles. The molecule has 1 fully saturated rings. The molecule has 2 heterocycles. The molecule has 138 valence electrons. The summed E-state index contributed by atoms with van der Waals surface area (Å²) >= 11 is 0. The lowest BCUT2D eigenvalue weighted by atomic mass is 9.95. The summed E-state index contributed by atoms with van der Waals surface area (Å²) in [4.78, 5) is 23.2. The predicted molar refractivity (Wildman–Crippen MR) is 101 cm³/mol. The molecule has 0 unspecified atom stereocenters. The second-order valence-corrected chi connectivity index (χ2v) is 6.80. The number of hydrogen-bond donors (Lipinski definition) is 1. The van der Waals surface area contributed by atoms with Gasteiger partial charge in [-0.1, -0.05) is 18.2 Å². The standard InChI is InChI=1S/C20H26N4O2/c1-26-18-7-3-2-6-16(18)12-20(25)24-9-4-5-15(8-10-24)11-17-13-23-19(21)14-22-17/h2-3,6-7,13-15H,4-5,8-12H2,1H3,(H2,21,23)/t15-/m1/s1. The lowest BCUT2D eigenvalue weighted by molar-refractivity contribution is -0.130. The topological polar surface area (TPSA) is 81.3 Å². The second-order valence-electron chi connectivity index (χ2n) is 6.80. The Morgan fingerprint density at radius 2 is 2.08 bits per heavy atom. The van der Waals surface area contributed by atoms with Gasteiger partial charge in [0.2, 0.25) is 5.91 Å². The zero-order chi connectivity index (χ0) is 18.4. The number of nitrogen functional groups attached to an aromatic ring is 1. The number of nitrogens with zero attached hydrogens (tertiary/aromatic N) is 3. The first kappa shape index (κ1) is 18.2. The highest BCUT2D eigenvalue weighted by Crippen LogP contribution is 2.23. The normalized spacial score (nSPS) is 17.6. The van der Waals surface area contributed by atoms with E-state index in [9.17, 15) is 4.79 Å². The summed E-state index contributed by atoms with van der Waals surface area (Å²) in [6, 6.07) is 7.71. The molecule has 1 aromatic heterocycles. The van der Waals surface area contributed by atoms with Crippen LogP contribution < -0.4 is 10.5 Å². The lowest BCUT2D eigenvalue weighted by Gasteiger charge is -2.21. The molecule has 6 nitrogen and oxygen atoms in total. The van der Waals surface area contributed by atoms with Crippen molar-refractivity contribution in [1.82, 2.24) is 14.9 Å². The maximum Gasteiger partial charge on any atom is 0.227 e. The Labute approximate surface area is 154 Å². The molecule has 1 aliphatic heterocycles. The van der Waals surface area contributed by atoms with Crippen LogP contribution in [0.3, 0.4) is 0 Å². The number of rotatable bonds is 5. The van der Waals surface area contributed by atoms with Crippen LogP contribution in [0, 0.1) is 5.92 Å². The van der Waals surface area contributed by atoms with Gasteiger partial charge in [0.05, 0.1) is 31.6 Å². The highest BCUT2D eigenvalue weighted by atomic mass is 16.5. The number of nitrogens with two attached hydrogens (primary N) is 1. The second kappa shape index (κ2) is 8.65. The van der Waals surface area contributed by atoms with Crippen molar-refractivity contribution in [1.29, 1.82) is 0 Å². The number of aromatic nitrogens is 2. The van der Waals surface area contributed by atoms with Crippen molar-refractivity contribution < 1.29 is 9.53 Å². The molecule has 0 saturated carbocycles. The summed E-state index contributed by atoms with van der Waals surface area (Å²) in [5, 5.41) is 0. The van der Waals surface area contributed by atoms with Gasteiger partial charge in [-0.05, 0) is 37.7 Å². The minimum absolute atomic E-state index is 0.169. The van der Waals surface area contributed by atoms with Crippen molar-refractivity contribution in [3.8, 4) is 5.75 Å². The maximum atomic E-state index is 12.7. The van der Waals surface area contributed by atoms with Crippen LogP contribution in [0.1, 0.15) is 30.5 Å². The molecule has 2 aromatic rings. The number of ether oxygens (including phenoxy) is 1. The van der Waals surface area contributed by atoms with Crippen molar-refractivity contribution >= 4 is 11.7 Å². The largest absolute Gasteiger partial charge is 0.496 e. The molecule has 26 heavy (non-hydrogen) atoms. The van der Waals surface area contributed by atoms with E-state index in [-0.39, 0.29) is 5.91 Å². The SMILES string of the molecule is COc1ccccc1CC(=O)N1CCC[C@@H](Cc2cnc(N)cn2)CC1. The van der Waals surface area contributed by atoms with Crippen LogP contribution >= 0.6 is 0 Å². The van der Waals surface area contributed by atoms with E-state index in [4.69, 9.17) is 10.5 Å². The van der Waals surface area contributed by atoms with Gasteiger partial charge < -0.3 is 15.4 Å². The Balaban J connectivity index is 1.56. The van der Waals surface area contributed by atoms with Crippen LogP contribution in [-0.4, -0.2) is 41.0 Å². The van der Waals surface area contributed by atoms with Gasteiger partial charge in [0.15, 0.2) is 0 Å². The Kier molecular flexibility index (Phi) is 6.04. The summed E-state index contributed by atoms with van der Waals surface area (Å²) in [5.41, 5.74) is 7.51. The zero-order valence-corrected chi connectivity index (χ0v) is 15.2. The first-order chi connectivity index (χ1) is 12.7. The van der Waals surface area contributed by atoms with Gasteiger partial charge in [0.1, 0.15) is 11.6 Å². The molecule has 6 heteroatoms. The van der Waals surface area contributed by atoms with Crippen molar-refractivity contribution in [2.75, 3.05) is 25.9 Å². The number of amides is 1. The first-order valence-electron chi connectivity index (χ1n) is 9.11. The maximum absolute atomic E-state index is 12.7. The van der Waals surface area contributed by atoms with E-state index in [0.717, 1.165) is 55.8 Å². The molecule has 1 aromatic carbocycles. The van der Waals surface area contributed by atoms with E-state index >= 15 is 0 Å². The van der Waals surface area contributed by atoms with E-state index in [1.807, 2.05) is 29.2 Å². The predicted octanol–water partition coefficient (Wildman–Crippen LogP) is 2.48. The number of carbonyl (C=O) groups is 1. The minimum atomic E-state index is 0.169. The number of likely N-dealkylation sites (tertiary alicyclic amines) is 1. The van der Waals surface area contributed by atoms with Crippen molar-refractivity contribution in [3.05, 3.63) is 47.9 Å². The molecule has 0 spiro atoms. The van der Waals surface area contributed by atoms with Gasteiger partial charge >= 0.3 is 0 Å². The molecule has 1 atom stereocenters. The first-order valence-corrected chi connectivity index (χ1v) is 9.11. The number of benzene rings is 1. The highest BCUT2D eigenvalue weighted by molar-refractivity contribution is 5.79. The molecule has 1 amide bonds. The van der Waals surface area contributed by atoms with Crippen LogP contribution in [0.15, 0.2) is 36.7 Å².